The van der Waals surface area contributed by atoms with Gasteiger partial charge in [0.25, 0.3) is 0 Å². The van der Waals surface area contributed by atoms with Crippen LogP contribution in [0.25, 0.3) is 0 Å². The topological polar surface area (TPSA) is 141 Å². The fourth-order valence-electron chi connectivity index (χ4n) is 0. The Balaban J connectivity index is -0.0000000910. The van der Waals surface area contributed by atoms with E-state index < -0.39 is 17.7 Å². The molecule has 7 nitrogen and oxygen atoms in total. The Morgan fingerprint density at radius 3 is 1.20 bits per heavy atom. The van der Waals surface area contributed by atoms with Crippen LogP contribution in [0.3, 0.4) is 0 Å². The Kier molecular flexibility index (Phi) is 12.7. The molecule has 0 bridgehead atoms. The first-order valence-corrected chi connectivity index (χ1v) is 2.83. The van der Waals surface area contributed by atoms with Crippen LogP contribution in [0.5, 0.6) is 0 Å². The van der Waals surface area contributed by atoms with Gasteiger partial charge in [0.1, 0.15) is 0 Å². The van der Waals surface area contributed by atoms with E-state index in [9.17, 15) is 0 Å². The molecular formula is H3BO7SZn. The van der Waals surface area contributed by atoms with Gasteiger partial charge in [-0.05, 0) is 0 Å². The predicted octanol–water partition coefficient (Wildman–Crippen LogP) is -3.97. The Hall–Kier alpha value is 0.438. The standard InChI is InChI=1S/BHO3.H2O4S.Zn/c2-1(3)4;1-5(2,3)4;/h2H;(H2,1,2,3,4);/q-2;;+2. The van der Waals surface area contributed by atoms with Gasteiger partial charge in [0, 0.05) is 0 Å². The molecule has 0 saturated carbocycles. The Bertz CT molecular complexity index is 125. The molecule has 0 aromatic heterocycles. The second-order valence-electron chi connectivity index (χ2n) is 0.755. The van der Waals surface area contributed by atoms with Gasteiger partial charge < -0.3 is 15.1 Å². The van der Waals surface area contributed by atoms with Crippen LogP contribution in [0.15, 0.2) is 0 Å². The third-order valence-electron chi connectivity index (χ3n) is 0. The Labute approximate surface area is 70.2 Å². The summed E-state index contributed by atoms with van der Waals surface area (Å²) in [4.78, 5) is 0. The maximum atomic E-state index is 8.74. The summed E-state index contributed by atoms with van der Waals surface area (Å²) in [6.07, 6.45) is 0. The summed E-state index contributed by atoms with van der Waals surface area (Å²) < 4.78 is 31.6. The second kappa shape index (κ2) is 7.54. The van der Waals surface area contributed by atoms with Crippen LogP contribution in [-0.4, -0.2) is 29.9 Å². The predicted molar refractivity (Wildman–Crippen MR) is 22.2 cm³/mol. The van der Waals surface area contributed by atoms with Gasteiger partial charge in [0.15, 0.2) is 0 Å². The van der Waals surface area contributed by atoms with Crippen molar-refractivity contribution in [1.82, 2.24) is 0 Å². The van der Waals surface area contributed by atoms with Crippen molar-refractivity contribution in [1.29, 1.82) is 0 Å². The van der Waals surface area contributed by atoms with Crippen molar-refractivity contribution in [3.63, 3.8) is 0 Å². The van der Waals surface area contributed by atoms with Crippen LogP contribution in [0.1, 0.15) is 0 Å². The van der Waals surface area contributed by atoms with Crippen molar-refractivity contribution < 1.29 is 52.1 Å². The molecule has 56 valence electrons. The van der Waals surface area contributed by atoms with Crippen molar-refractivity contribution in [2.75, 3.05) is 0 Å². The molecule has 0 heterocycles. The van der Waals surface area contributed by atoms with E-state index in [1.54, 1.807) is 0 Å². The minimum Gasteiger partial charge on any atom is -0.871 e. The first-order valence-electron chi connectivity index (χ1n) is 1.43. The molecule has 10 heavy (non-hydrogen) atoms. The maximum absolute atomic E-state index is 8.74. The first kappa shape index (κ1) is 16.8. The van der Waals surface area contributed by atoms with Crippen LogP contribution in [0.4, 0.5) is 0 Å². The molecule has 0 rings (SSSR count). The van der Waals surface area contributed by atoms with Crippen molar-refractivity contribution in [2.24, 2.45) is 0 Å². The smallest absolute Gasteiger partial charge is 0.871 e. The van der Waals surface area contributed by atoms with E-state index in [0.717, 1.165) is 0 Å². The molecule has 0 saturated heterocycles. The summed E-state index contributed by atoms with van der Waals surface area (Å²) in [5.41, 5.74) is 0. The van der Waals surface area contributed by atoms with Gasteiger partial charge >= 0.3 is 29.9 Å². The average Bonchev–Trinajstić information content (AvgIpc) is 1.19. The van der Waals surface area contributed by atoms with Crippen LogP contribution >= 0.6 is 0 Å². The molecule has 0 fully saturated rings. The van der Waals surface area contributed by atoms with Crippen molar-refractivity contribution in [2.45, 2.75) is 0 Å². The molecule has 10 heteroatoms. The summed E-state index contributed by atoms with van der Waals surface area (Å²) in [5, 5.41) is 24.0. The van der Waals surface area contributed by atoms with Gasteiger partial charge in [0.2, 0.25) is 0 Å². The molecule has 0 amide bonds. The van der Waals surface area contributed by atoms with Crippen molar-refractivity contribution >= 4 is 17.7 Å². The van der Waals surface area contributed by atoms with E-state index in [2.05, 4.69) is 0 Å². The molecule has 0 aromatic carbocycles. The summed E-state index contributed by atoms with van der Waals surface area (Å²) in [5.74, 6) is 0. The van der Waals surface area contributed by atoms with Crippen LogP contribution < -0.4 is 10.0 Å². The van der Waals surface area contributed by atoms with Crippen LogP contribution in [0.2, 0.25) is 0 Å². The first-order chi connectivity index (χ1) is 3.73. The van der Waals surface area contributed by atoms with Crippen LogP contribution in [0, 0.1) is 0 Å². The minimum absolute atomic E-state index is 0. The summed E-state index contributed by atoms with van der Waals surface area (Å²) in [7, 11) is -7.33. The number of rotatable bonds is 0. The Morgan fingerprint density at radius 2 is 1.20 bits per heavy atom. The molecule has 0 atom stereocenters. The summed E-state index contributed by atoms with van der Waals surface area (Å²) >= 11 is 0. The van der Waals surface area contributed by atoms with Gasteiger partial charge in [-0.15, -0.1) is 0 Å². The third-order valence-corrected chi connectivity index (χ3v) is 0. The van der Waals surface area contributed by atoms with E-state index in [1.807, 2.05) is 0 Å². The zero-order chi connectivity index (χ0) is 8.08. The monoisotopic (exact) mass is 222 g/mol. The van der Waals surface area contributed by atoms with E-state index in [4.69, 9.17) is 32.6 Å². The summed E-state index contributed by atoms with van der Waals surface area (Å²) in [6, 6.07) is 0. The molecule has 3 N–H and O–H groups in total. The van der Waals surface area contributed by atoms with E-state index >= 15 is 0 Å². The maximum Gasteiger partial charge on any atom is 2.00 e. The van der Waals surface area contributed by atoms with Crippen LogP contribution in [-0.2, 0) is 29.9 Å². The zero-order valence-corrected chi connectivity index (χ0v) is 8.45. The number of hydrogen-bond acceptors (Lipinski definition) is 5. The molecule has 0 aliphatic carbocycles. The molecule has 0 radical (unpaired) electrons. The average molecular weight is 223 g/mol. The van der Waals surface area contributed by atoms with Crippen molar-refractivity contribution in [3.05, 3.63) is 0 Å². The van der Waals surface area contributed by atoms with Gasteiger partial charge in [-0.3, -0.25) is 9.11 Å². The fraction of sp³-hybridized carbons (Fsp3) is 0. The fourth-order valence-corrected chi connectivity index (χ4v) is 0. The van der Waals surface area contributed by atoms with E-state index in [-0.39, 0.29) is 19.5 Å². The van der Waals surface area contributed by atoms with Gasteiger partial charge in [-0.25, -0.2) is 0 Å². The Morgan fingerprint density at radius 1 is 1.20 bits per heavy atom. The summed E-state index contributed by atoms with van der Waals surface area (Å²) in [6.45, 7) is 0. The van der Waals surface area contributed by atoms with E-state index in [0.29, 0.717) is 0 Å². The second-order valence-corrected chi connectivity index (χ2v) is 1.65. The normalized spacial score (nSPS) is 8.50. The number of hydrogen-bond donors (Lipinski definition) is 3. The molecular weight excluding hydrogens is 220 g/mol. The van der Waals surface area contributed by atoms with Gasteiger partial charge in [-0.2, -0.15) is 8.42 Å². The van der Waals surface area contributed by atoms with Crippen molar-refractivity contribution in [3.8, 4) is 0 Å². The molecule has 0 aromatic rings. The zero-order valence-electron chi connectivity index (χ0n) is 4.67. The van der Waals surface area contributed by atoms with Gasteiger partial charge in [-0.1, -0.05) is 0 Å². The van der Waals surface area contributed by atoms with E-state index in [1.165, 1.54) is 0 Å². The molecule has 0 unspecified atom stereocenters. The van der Waals surface area contributed by atoms with Gasteiger partial charge in [0.05, 0.1) is 7.32 Å². The quantitative estimate of drug-likeness (QED) is 0.281. The SMILES string of the molecule is O=S(=O)(O)O.[O-]B([O-])O.[Zn+2]. The minimum atomic E-state index is -4.67. The molecule has 0 aliphatic rings. The largest absolute Gasteiger partial charge is 2.00 e. The third kappa shape index (κ3) is 2430. The molecule has 0 spiro atoms. The molecule has 0 aliphatic heterocycles.